The van der Waals surface area contributed by atoms with Crippen LogP contribution in [0.2, 0.25) is 0 Å². The molecule has 2 N–H and O–H groups in total. The van der Waals surface area contributed by atoms with E-state index in [2.05, 4.69) is 4.72 Å². The summed E-state index contributed by atoms with van der Waals surface area (Å²) >= 11 is 0. The first-order chi connectivity index (χ1) is 12.2. The van der Waals surface area contributed by atoms with Crippen LogP contribution >= 0.6 is 0 Å². The molecule has 0 amide bonds. The lowest BCUT2D eigenvalue weighted by molar-refractivity contribution is 0.0565. The average Bonchev–Trinajstić information content (AvgIpc) is 2.61. The Morgan fingerprint density at radius 3 is 2.46 bits per heavy atom. The third-order valence-corrected chi connectivity index (χ3v) is 5.59. The summed E-state index contributed by atoms with van der Waals surface area (Å²) in [5.41, 5.74) is 0.729. The van der Waals surface area contributed by atoms with Crippen LogP contribution in [0.5, 0.6) is 5.75 Å². The van der Waals surface area contributed by atoms with Gasteiger partial charge in [0.15, 0.2) is 0 Å². The molecule has 0 aliphatic rings. The fourth-order valence-electron chi connectivity index (χ4n) is 2.59. The van der Waals surface area contributed by atoms with Crippen LogP contribution < -0.4 is 9.46 Å². The molecule has 0 fully saturated rings. The van der Waals surface area contributed by atoms with Crippen molar-refractivity contribution in [1.82, 2.24) is 4.72 Å². The molecule has 0 radical (unpaired) electrons. The molecule has 0 bridgehead atoms. The minimum atomic E-state index is -3.70. The van der Waals surface area contributed by atoms with Gasteiger partial charge in [-0.3, -0.25) is 0 Å². The zero-order chi connectivity index (χ0) is 19.2. The molecule has 1 unspecified atom stereocenters. The third kappa shape index (κ3) is 5.83. The summed E-state index contributed by atoms with van der Waals surface area (Å²) in [5.74, 6) is 0.668. The second-order valence-corrected chi connectivity index (χ2v) is 8.43. The van der Waals surface area contributed by atoms with Crippen LogP contribution in [0.3, 0.4) is 0 Å². The summed E-state index contributed by atoms with van der Waals surface area (Å²) in [7, 11) is -3.70. The highest BCUT2D eigenvalue weighted by Gasteiger charge is 2.24. The highest BCUT2D eigenvalue weighted by molar-refractivity contribution is 7.89. The van der Waals surface area contributed by atoms with Gasteiger partial charge < -0.3 is 9.84 Å². The number of ether oxygens (including phenoxy) is 1. The number of hydrogen-bond acceptors (Lipinski definition) is 4. The van der Waals surface area contributed by atoms with Gasteiger partial charge in [0.05, 0.1) is 17.1 Å². The first-order valence-corrected chi connectivity index (χ1v) is 10.2. The fourth-order valence-corrected chi connectivity index (χ4v) is 3.83. The predicted molar refractivity (Wildman–Crippen MR) is 103 cm³/mol. The smallest absolute Gasteiger partial charge is 0.240 e. The maximum absolute atomic E-state index is 12.5. The van der Waals surface area contributed by atoms with Crippen LogP contribution in [0.1, 0.15) is 31.4 Å². The number of aliphatic hydroxyl groups is 1. The van der Waals surface area contributed by atoms with Crippen molar-refractivity contribution in [2.75, 3.05) is 13.2 Å². The number of aryl methyl sites for hydroxylation is 2. The topological polar surface area (TPSA) is 75.6 Å². The number of sulfonamides is 1. The molecule has 6 heteroatoms. The number of nitrogens with one attached hydrogen (secondary N) is 1. The van der Waals surface area contributed by atoms with Crippen molar-refractivity contribution in [3.8, 4) is 5.75 Å². The highest BCUT2D eigenvalue weighted by Crippen LogP contribution is 2.22. The first-order valence-electron chi connectivity index (χ1n) is 8.73. The van der Waals surface area contributed by atoms with Crippen LogP contribution in [-0.4, -0.2) is 32.3 Å². The van der Waals surface area contributed by atoms with Crippen LogP contribution in [0, 0.1) is 6.92 Å². The van der Waals surface area contributed by atoms with E-state index >= 15 is 0 Å². The first kappa shape index (κ1) is 20.4. The Kier molecular flexibility index (Phi) is 6.81. The van der Waals surface area contributed by atoms with E-state index < -0.39 is 15.6 Å². The molecule has 0 saturated heterocycles. The summed E-state index contributed by atoms with van der Waals surface area (Å²) < 4.78 is 33.0. The van der Waals surface area contributed by atoms with Gasteiger partial charge in [0, 0.05) is 6.54 Å². The van der Waals surface area contributed by atoms with E-state index in [1.807, 2.05) is 37.3 Å². The van der Waals surface area contributed by atoms with Crippen molar-refractivity contribution in [3.63, 3.8) is 0 Å². The second-order valence-electron chi connectivity index (χ2n) is 6.67. The Bertz CT molecular complexity index is 817. The maximum Gasteiger partial charge on any atom is 0.240 e. The average molecular weight is 378 g/mol. The van der Waals surface area contributed by atoms with Gasteiger partial charge in [-0.05, 0) is 62.9 Å². The van der Waals surface area contributed by atoms with Crippen molar-refractivity contribution < 1.29 is 18.3 Å². The van der Waals surface area contributed by atoms with E-state index in [0.717, 1.165) is 11.1 Å². The SMILES string of the molecule is CCOc1ccc(S(=O)(=O)NCC(C)(O)CCc2ccccc2)cc1C. The Labute approximate surface area is 156 Å². The number of benzene rings is 2. The number of hydrogen-bond donors (Lipinski definition) is 2. The van der Waals surface area contributed by atoms with Gasteiger partial charge in [-0.25, -0.2) is 13.1 Å². The Balaban J connectivity index is 1.99. The molecule has 26 heavy (non-hydrogen) atoms. The molecule has 2 rings (SSSR count). The van der Waals surface area contributed by atoms with Gasteiger partial charge in [-0.1, -0.05) is 30.3 Å². The molecule has 1 atom stereocenters. The van der Waals surface area contributed by atoms with Gasteiger partial charge in [0.2, 0.25) is 10.0 Å². The molecule has 0 aliphatic heterocycles. The zero-order valence-electron chi connectivity index (χ0n) is 15.5. The van der Waals surface area contributed by atoms with Gasteiger partial charge in [0.1, 0.15) is 5.75 Å². The van der Waals surface area contributed by atoms with Crippen molar-refractivity contribution in [2.24, 2.45) is 0 Å². The second kappa shape index (κ2) is 8.66. The minimum absolute atomic E-state index is 0.0472. The molecular formula is C20H27NO4S. The Hall–Kier alpha value is -1.89. The van der Waals surface area contributed by atoms with E-state index in [4.69, 9.17) is 4.74 Å². The van der Waals surface area contributed by atoms with E-state index in [1.54, 1.807) is 26.0 Å². The van der Waals surface area contributed by atoms with Gasteiger partial charge in [-0.15, -0.1) is 0 Å². The quantitative estimate of drug-likeness (QED) is 0.704. The van der Waals surface area contributed by atoms with E-state index in [1.165, 1.54) is 6.07 Å². The monoisotopic (exact) mass is 377 g/mol. The zero-order valence-corrected chi connectivity index (χ0v) is 16.3. The molecule has 5 nitrogen and oxygen atoms in total. The normalized spacial score (nSPS) is 14.0. The standard InChI is InChI=1S/C20H27NO4S/c1-4-25-19-11-10-18(14-16(19)2)26(23,24)21-15-20(3,22)13-12-17-8-6-5-7-9-17/h5-11,14,21-22H,4,12-13,15H2,1-3H3. The lowest BCUT2D eigenvalue weighted by Gasteiger charge is -2.24. The van der Waals surface area contributed by atoms with Crippen molar-refractivity contribution in [3.05, 3.63) is 59.7 Å². The molecule has 0 spiro atoms. The van der Waals surface area contributed by atoms with Crippen LogP contribution in [0.15, 0.2) is 53.4 Å². The summed E-state index contributed by atoms with van der Waals surface area (Å²) in [4.78, 5) is 0.164. The van der Waals surface area contributed by atoms with Crippen LogP contribution in [0.25, 0.3) is 0 Å². The molecule has 0 aliphatic carbocycles. The van der Waals surface area contributed by atoms with Crippen LogP contribution in [-0.2, 0) is 16.4 Å². The molecule has 0 saturated carbocycles. The van der Waals surface area contributed by atoms with Crippen LogP contribution in [0.4, 0.5) is 0 Å². The fraction of sp³-hybridized carbons (Fsp3) is 0.400. The molecular weight excluding hydrogens is 350 g/mol. The van der Waals surface area contributed by atoms with Crippen molar-refractivity contribution >= 4 is 10.0 Å². The lowest BCUT2D eigenvalue weighted by Crippen LogP contribution is -2.40. The van der Waals surface area contributed by atoms with E-state index in [9.17, 15) is 13.5 Å². The van der Waals surface area contributed by atoms with Gasteiger partial charge in [0.25, 0.3) is 0 Å². The molecule has 142 valence electrons. The largest absolute Gasteiger partial charge is 0.494 e. The molecule has 2 aromatic carbocycles. The summed E-state index contributed by atoms with van der Waals surface area (Å²) in [5, 5.41) is 10.5. The third-order valence-electron chi connectivity index (χ3n) is 4.19. The summed E-state index contributed by atoms with van der Waals surface area (Å²) in [6.45, 7) is 5.80. The molecule has 2 aromatic rings. The molecule has 0 heterocycles. The summed E-state index contributed by atoms with van der Waals surface area (Å²) in [6, 6.07) is 14.6. The maximum atomic E-state index is 12.5. The Morgan fingerprint density at radius 1 is 1.15 bits per heavy atom. The van der Waals surface area contributed by atoms with E-state index in [0.29, 0.717) is 25.2 Å². The Morgan fingerprint density at radius 2 is 1.85 bits per heavy atom. The predicted octanol–water partition coefficient (Wildman–Crippen LogP) is 3.06. The lowest BCUT2D eigenvalue weighted by atomic mass is 9.97. The summed E-state index contributed by atoms with van der Waals surface area (Å²) in [6.07, 6.45) is 1.14. The van der Waals surface area contributed by atoms with Crippen molar-refractivity contribution in [1.29, 1.82) is 0 Å². The van der Waals surface area contributed by atoms with Gasteiger partial charge >= 0.3 is 0 Å². The highest BCUT2D eigenvalue weighted by atomic mass is 32.2. The van der Waals surface area contributed by atoms with Gasteiger partial charge in [-0.2, -0.15) is 0 Å². The van der Waals surface area contributed by atoms with Crippen molar-refractivity contribution in [2.45, 2.75) is 44.1 Å². The number of rotatable bonds is 9. The van der Waals surface area contributed by atoms with E-state index in [-0.39, 0.29) is 11.4 Å². The molecule has 0 aromatic heterocycles. The minimum Gasteiger partial charge on any atom is -0.494 e.